The molecule has 1 fully saturated rings. The number of aliphatic hydroxyl groups is 1. The highest BCUT2D eigenvalue weighted by molar-refractivity contribution is 5.27. The van der Waals surface area contributed by atoms with Crippen molar-refractivity contribution in [1.29, 1.82) is 0 Å². The Morgan fingerprint density at radius 3 is 2.70 bits per heavy atom. The third-order valence-electron chi connectivity index (χ3n) is 4.07. The summed E-state index contributed by atoms with van der Waals surface area (Å²) >= 11 is 0. The standard InChI is InChI=1S/C17H21NO2/c19-15-8-10-18(13-15)11-9-16(17-7-4-12-20-17)14-5-2-1-3-6-14/h1-7,12,15-16,19H,8-11,13H2/t15-,16?/m0/s1. The van der Waals surface area contributed by atoms with Crippen LogP contribution >= 0.6 is 0 Å². The van der Waals surface area contributed by atoms with Crippen LogP contribution in [0.4, 0.5) is 0 Å². The SMILES string of the molecule is O[C@H]1CCN(CCC(c2ccccc2)c2ccco2)C1. The summed E-state index contributed by atoms with van der Waals surface area (Å²) < 4.78 is 5.62. The Bertz CT molecular complexity index is 509. The van der Waals surface area contributed by atoms with Gasteiger partial charge in [-0.3, -0.25) is 0 Å². The van der Waals surface area contributed by atoms with Gasteiger partial charge in [0.25, 0.3) is 0 Å². The van der Waals surface area contributed by atoms with Crippen molar-refractivity contribution in [3.8, 4) is 0 Å². The normalized spacial score (nSPS) is 21.1. The average molecular weight is 271 g/mol. The molecule has 3 heteroatoms. The molecule has 1 unspecified atom stereocenters. The summed E-state index contributed by atoms with van der Waals surface area (Å²) in [5.41, 5.74) is 1.29. The molecule has 1 saturated heterocycles. The summed E-state index contributed by atoms with van der Waals surface area (Å²) in [6, 6.07) is 14.5. The van der Waals surface area contributed by atoms with Gasteiger partial charge in [-0.1, -0.05) is 30.3 Å². The molecule has 20 heavy (non-hydrogen) atoms. The molecule has 2 aromatic rings. The van der Waals surface area contributed by atoms with E-state index in [9.17, 15) is 5.11 Å². The quantitative estimate of drug-likeness (QED) is 0.908. The zero-order valence-electron chi connectivity index (χ0n) is 11.6. The number of furan rings is 1. The maximum Gasteiger partial charge on any atom is 0.111 e. The van der Waals surface area contributed by atoms with E-state index in [1.165, 1.54) is 5.56 Å². The monoisotopic (exact) mass is 271 g/mol. The molecule has 0 radical (unpaired) electrons. The van der Waals surface area contributed by atoms with E-state index in [-0.39, 0.29) is 6.10 Å². The van der Waals surface area contributed by atoms with E-state index in [4.69, 9.17) is 4.42 Å². The summed E-state index contributed by atoms with van der Waals surface area (Å²) in [6.07, 6.45) is 3.51. The second kappa shape index (κ2) is 6.25. The van der Waals surface area contributed by atoms with E-state index in [0.29, 0.717) is 5.92 Å². The van der Waals surface area contributed by atoms with Crippen LogP contribution in [0.25, 0.3) is 0 Å². The molecule has 0 amide bonds. The molecule has 3 rings (SSSR count). The van der Waals surface area contributed by atoms with Gasteiger partial charge in [-0.05, 0) is 37.1 Å². The van der Waals surface area contributed by atoms with Crippen molar-refractivity contribution >= 4 is 0 Å². The van der Waals surface area contributed by atoms with Crippen LogP contribution in [0.1, 0.15) is 30.1 Å². The van der Waals surface area contributed by atoms with Crippen molar-refractivity contribution in [2.24, 2.45) is 0 Å². The van der Waals surface area contributed by atoms with Gasteiger partial charge in [-0.15, -0.1) is 0 Å². The first kappa shape index (κ1) is 13.4. The van der Waals surface area contributed by atoms with Crippen LogP contribution < -0.4 is 0 Å². The smallest absolute Gasteiger partial charge is 0.111 e. The molecule has 106 valence electrons. The lowest BCUT2D eigenvalue weighted by Crippen LogP contribution is -2.24. The number of likely N-dealkylation sites (tertiary alicyclic amines) is 1. The van der Waals surface area contributed by atoms with E-state index in [0.717, 1.165) is 38.2 Å². The van der Waals surface area contributed by atoms with Crippen LogP contribution in [0.15, 0.2) is 53.1 Å². The summed E-state index contributed by atoms with van der Waals surface area (Å²) in [5.74, 6) is 1.32. The molecule has 1 aromatic carbocycles. The first-order valence-corrected chi connectivity index (χ1v) is 7.31. The lowest BCUT2D eigenvalue weighted by Gasteiger charge is -2.20. The highest BCUT2D eigenvalue weighted by Gasteiger charge is 2.23. The number of nitrogens with zero attached hydrogens (tertiary/aromatic N) is 1. The molecule has 0 saturated carbocycles. The summed E-state index contributed by atoms with van der Waals surface area (Å²) in [7, 11) is 0. The van der Waals surface area contributed by atoms with Crippen LogP contribution in [0.3, 0.4) is 0 Å². The van der Waals surface area contributed by atoms with Crippen molar-refractivity contribution in [2.75, 3.05) is 19.6 Å². The number of rotatable bonds is 5. The number of benzene rings is 1. The van der Waals surface area contributed by atoms with Gasteiger partial charge in [0.15, 0.2) is 0 Å². The van der Waals surface area contributed by atoms with Gasteiger partial charge in [-0.2, -0.15) is 0 Å². The Balaban J connectivity index is 1.70. The molecular weight excluding hydrogens is 250 g/mol. The van der Waals surface area contributed by atoms with Crippen LogP contribution in [-0.2, 0) is 0 Å². The van der Waals surface area contributed by atoms with E-state index in [1.54, 1.807) is 6.26 Å². The average Bonchev–Trinajstić information content (AvgIpc) is 3.12. The van der Waals surface area contributed by atoms with Gasteiger partial charge in [0.1, 0.15) is 5.76 Å². The third kappa shape index (κ3) is 3.11. The number of aliphatic hydroxyl groups excluding tert-OH is 1. The molecule has 0 bridgehead atoms. The Hall–Kier alpha value is -1.58. The summed E-state index contributed by atoms with van der Waals surface area (Å²) in [5, 5.41) is 9.61. The van der Waals surface area contributed by atoms with Crippen molar-refractivity contribution in [3.63, 3.8) is 0 Å². The van der Waals surface area contributed by atoms with Gasteiger partial charge < -0.3 is 14.4 Å². The highest BCUT2D eigenvalue weighted by atomic mass is 16.3. The third-order valence-corrected chi connectivity index (χ3v) is 4.07. The zero-order valence-corrected chi connectivity index (χ0v) is 11.6. The molecule has 0 aliphatic carbocycles. The number of hydrogen-bond donors (Lipinski definition) is 1. The minimum Gasteiger partial charge on any atom is -0.469 e. The molecular formula is C17H21NO2. The van der Waals surface area contributed by atoms with Crippen molar-refractivity contribution in [3.05, 3.63) is 60.1 Å². The number of β-amino-alcohol motifs (C(OH)–C–C–N with tert-alkyl or cyclic N) is 1. The van der Waals surface area contributed by atoms with E-state index >= 15 is 0 Å². The minimum absolute atomic E-state index is 0.145. The second-order valence-electron chi connectivity index (χ2n) is 5.51. The predicted octanol–water partition coefficient (Wildman–Crippen LogP) is 2.87. The number of hydrogen-bond acceptors (Lipinski definition) is 3. The second-order valence-corrected chi connectivity index (χ2v) is 5.51. The predicted molar refractivity (Wildman–Crippen MR) is 78.7 cm³/mol. The maximum atomic E-state index is 9.61. The maximum absolute atomic E-state index is 9.61. The van der Waals surface area contributed by atoms with Crippen molar-refractivity contribution in [2.45, 2.75) is 24.9 Å². The fourth-order valence-corrected chi connectivity index (χ4v) is 2.98. The van der Waals surface area contributed by atoms with E-state index in [2.05, 4.69) is 35.2 Å². The lowest BCUT2D eigenvalue weighted by atomic mass is 9.93. The fourth-order valence-electron chi connectivity index (χ4n) is 2.98. The van der Waals surface area contributed by atoms with E-state index < -0.39 is 0 Å². The molecule has 2 heterocycles. The van der Waals surface area contributed by atoms with Crippen molar-refractivity contribution < 1.29 is 9.52 Å². The van der Waals surface area contributed by atoms with Gasteiger partial charge in [0, 0.05) is 19.0 Å². The Labute approximate surface area is 119 Å². The topological polar surface area (TPSA) is 36.6 Å². The molecule has 0 spiro atoms. The Morgan fingerprint density at radius 2 is 2.05 bits per heavy atom. The fraction of sp³-hybridized carbons (Fsp3) is 0.412. The van der Waals surface area contributed by atoms with Gasteiger partial charge in [0.05, 0.1) is 12.4 Å². The largest absolute Gasteiger partial charge is 0.469 e. The highest BCUT2D eigenvalue weighted by Crippen LogP contribution is 2.29. The zero-order chi connectivity index (χ0) is 13.8. The molecule has 2 atom stereocenters. The Kier molecular flexibility index (Phi) is 4.19. The molecule has 1 aromatic heterocycles. The van der Waals surface area contributed by atoms with Gasteiger partial charge >= 0.3 is 0 Å². The summed E-state index contributed by atoms with van der Waals surface area (Å²) in [6.45, 7) is 2.80. The first-order valence-electron chi connectivity index (χ1n) is 7.31. The first-order chi connectivity index (χ1) is 9.83. The van der Waals surface area contributed by atoms with E-state index in [1.807, 2.05) is 12.1 Å². The molecule has 1 aliphatic rings. The van der Waals surface area contributed by atoms with Crippen LogP contribution in [0, 0.1) is 0 Å². The molecule has 1 aliphatic heterocycles. The summed E-state index contributed by atoms with van der Waals surface area (Å²) in [4.78, 5) is 2.34. The molecule has 3 nitrogen and oxygen atoms in total. The van der Waals surface area contributed by atoms with Crippen LogP contribution in [0.5, 0.6) is 0 Å². The van der Waals surface area contributed by atoms with Crippen molar-refractivity contribution in [1.82, 2.24) is 4.90 Å². The minimum atomic E-state index is -0.145. The Morgan fingerprint density at radius 1 is 1.20 bits per heavy atom. The van der Waals surface area contributed by atoms with Gasteiger partial charge in [-0.25, -0.2) is 0 Å². The lowest BCUT2D eigenvalue weighted by molar-refractivity contribution is 0.175. The van der Waals surface area contributed by atoms with Gasteiger partial charge in [0.2, 0.25) is 0 Å². The van der Waals surface area contributed by atoms with Crippen LogP contribution in [-0.4, -0.2) is 35.7 Å². The molecule has 1 N–H and O–H groups in total. The van der Waals surface area contributed by atoms with Crippen LogP contribution in [0.2, 0.25) is 0 Å².